The monoisotopic (exact) mass is 304 g/mol. The van der Waals surface area contributed by atoms with Crippen LogP contribution in [0.15, 0.2) is 24.3 Å². The van der Waals surface area contributed by atoms with Crippen molar-refractivity contribution in [1.29, 1.82) is 0 Å². The Morgan fingerprint density at radius 2 is 2.14 bits per heavy atom. The van der Waals surface area contributed by atoms with Gasteiger partial charge in [-0.25, -0.2) is 0 Å². The molecule has 1 aliphatic heterocycles. The molecule has 1 aliphatic rings. The summed E-state index contributed by atoms with van der Waals surface area (Å²) in [4.78, 5) is 26.0. The zero-order chi connectivity index (χ0) is 15.9. The van der Waals surface area contributed by atoms with Gasteiger partial charge in [-0.1, -0.05) is 31.9 Å². The van der Waals surface area contributed by atoms with Crippen LogP contribution in [0.5, 0.6) is 5.75 Å². The van der Waals surface area contributed by atoms with E-state index >= 15 is 0 Å². The molecule has 0 saturated carbocycles. The number of anilines is 1. The third-order valence-electron chi connectivity index (χ3n) is 3.95. The lowest BCUT2D eigenvalue weighted by molar-refractivity contribution is -0.126. The van der Waals surface area contributed by atoms with Crippen LogP contribution in [-0.2, 0) is 9.59 Å². The average molecular weight is 304 g/mol. The molecule has 1 aromatic rings. The molecular formula is C17H24N2O3. The first kappa shape index (κ1) is 16.3. The molecule has 0 radical (unpaired) electrons. The van der Waals surface area contributed by atoms with E-state index in [0.29, 0.717) is 18.8 Å². The highest BCUT2D eigenvalue weighted by Crippen LogP contribution is 2.32. The summed E-state index contributed by atoms with van der Waals surface area (Å²) in [6.07, 6.45) is 3.48. The lowest BCUT2D eigenvalue weighted by atomic mass is 10.1. The number of unbranched alkanes of at least 4 members (excludes halogenated alkanes) is 2. The summed E-state index contributed by atoms with van der Waals surface area (Å²) in [7, 11) is 1.58. The quantitative estimate of drug-likeness (QED) is 0.787. The maximum absolute atomic E-state index is 12.2. The molecule has 5 nitrogen and oxygen atoms in total. The van der Waals surface area contributed by atoms with Crippen molar-refractivity contribution >= 4 is 17.5 Å². The Balaban J connectivity index is 1.97. The summed E-state index contributed by atoms with van der Waals surface area (Å²) in [5.41, 5.74) is 0.733. The van der Waals surface area contributed by atoms with Crippen LogP contribution in [0.1, 0.15) is 32.6 Å². The topological polar surface area (TPSA) is 58.6 Å². The molecule has 0 aromatic heterocycles. The molecule has 0 aliphatic carbocycles. The summed E-state index contributed by atoms with van der Waals surface area (Å²) in [5.74, 6) is 0.318. The first-order valence-electron chi connectivity index (χ1n) is 7.88. The fourth-order valence-electron chi connectivity index (χ4n) is 2.70. The van der Waals surface area contributed by atoms with Gasteiger partial charge in [-0.15, -0.1) is 0 Å². The van der Waals surface area contributed by atoms with E-state index in [-0.39, 0.29) is 24.2 Å². The van der Waals surface area contributed by atoms with Crippen LogP contribution in [0.3, 0.4) is 0 Å². The summed E-state index contributed by atoms with van der Waals surface area (Å²) in [5, 5.41) is 2.93. The predicted molar refractivity (Wildman–Crippen MR) is 86.0 cm³/mol. The number of amides is 2. The number of carbonyl (C=O) groups excluding carboxylic acids is 2. The first-order chi connectivity index (χ1) is 10.7. The van der Waals surface area contributed by atoms with E-state index in [4.69, 9.17) is 4.74 Å². The molecular weight excluding hydrogens is 280 g/mol. The predicted octanol–water partition coefficient (Wildman–Crippen LogP) is 2.35. The summed E-state index contributed by atoms with van der Waals surface area (Å²) < 4.78 is 5.30. The minimum Gasteiger partial charge on any atom is -0.495 e. The van der Waals surface area contributed by atoms with Crippen LogP contribution in [0, 0.1) is 5.92 Å². The molecule has 2 amide bonds. The molecule has 1 fully saturated rings. The van der Waals surface area contributed by atoms with Gasteiger partial charge in [0.25, 0.3) is 0 Å². The third kappa shape index (κ3) is 3.78. The Morgan fingerprint density at radius 1 is 1.36 bits per heavy atom. The van der Waals surface area contributed by atoms with Crippen molar-refractivity contribution in [3.8, 4) is 5.75 Å². The minimum atomic E-state index is -0.279. The number of benzene rings is 1. The highest BCUT2D eigenvalue weighted by atomic mass is 16.5. The van der Waals surface area contributed by atoms with E-state index in [9.17, 15) is 9.59 Å². The standard InChI is InChI=1S/C17H24N2O3/c1-3-4-7-10-18-17(21)13-11-16(20)19(12-13)14-8-5-6-9-15(14)22-2/h5-6,8-9,13H,3-4,7,10-12H2,1-2H3,(H,18,21). The summed E-state index contributed by atoms with van der Waals surface area (Å²) in [6, 6.07) is 7.39. The van der Waals surface area contributed by atoms with Gasteiger partial charge in [-0.2, -0.15) is 0 Å². The van der Waals surface area contributed by atoms with Gasteiger partial charge in [-0.05, 0) is 18.6 Å². The van der Waals surface area contributed by atoms with Gasteiger partial charge in [-0.3, -0.25) is 9.59 Å². The van der Waals surface area contributed by atoms with Crippen LogP contribution in [0.4, 0.5) is 5.69 Å². The van der Waals surface area contributed by atoms with E-state index in [0.717, 1.165) is 24.9 Å². The molecule has 2 rings (SSSR count). The van der Waals surface area contributed by atoms with E-state index < -0.39 is 0 Å². The summed E-state index contributed by atoms with van der Waals surface area (Å²) >= 11 is 0. The number of hydrogen-bond donors (Lipinski definition) is 1. The molecule has 22 heavy (non-hydrogen) atoms. The van der Waals surface area contributed by atoms with Crippen molar-refractivity contribution < 1.29 is 14.3 Å². The number of nitrogens with zero attached hydrogens (tertiary/aromatic N) is 1. The molecule has 120 valence electrons. The van der Waals surface area contributed by atoms with Crippen molar-refractivity contribution in [2.45, 2.75) is 32.6 Å². The molecule has 1 heterocycles. The van der Waals surface area contributed by atoms with Crippen LogP contribution in [0.2, 0.25) is 0 Å². The molecule has 0 spiro atoms. The van der Waals surface area contributed by atoms with Crippen molar-refractivity contribution in [3.05, 3.63) is 24.3 Å². The molecule has 1 saturated heterocycles. The van der Waals surface area contributed by atoms with Gasteiger partial charge in [0.2, 0.25) is 11.8 Å². The normalized spacial score (nSPS) is 17.6. The van der Waals surface area contributed by atoms with E-state index in [1.54, 1.807) is 12.0 Å². The van der Waals surface area contributed by atoms with Gasteiger partial charge in [0.15, 0.2) is 0 Å². The van der Waals surface area contributed by atoms with Crippen LogP contribution >= 0.6 is 0 Å². The molecule has 1 unspecified atom stereocenters. The number of ether oxygens (including phenoxy) is 1. The Kier molecular flexibility index (Phi) is 5.81. The Bertz CT molecular complexity index is 530. The Morgan fingerprint density at radius 3 is 2.86 bits per heavy atom. The summed E-state index contributed by atoms with van der Waals surface area (Å²) in [6.45, 7) is 3.23. The second kappa shape index (κ2) is 7.82. The average Bonchev–Trinajstić information content (AvgIpc) is 2.93. The number of para-hydroxylation sites is 2. The van der Waals surface area contributed by atoms with Crippen molar-refractivity contribution in [3.63, 3.8) is 0 Å². The Labute approximate surface area is 131 Å². The van der Waals surface area contributed by atoms with Crippen LogP contribution < -0.4 is 15.0 Å². The molecule has 1 aromatic carbocycles. The van der Waals surface area contributed by atoms with Gasteiger partial charge in [0, 0.05) is 19.5 Å². The fourth-order valence-corrected chi connectivity index (χ4v) is 2.70. The zero-order valence-corrected chi connectivity index (χ0v) is 13.3. The van der Waals surface area contributed by atoms with Gasteiger partial charge >= 0.3 is 0 Å². The van der Waals surface area contributed by atoms with Crippen LogP contribution in [-0.4, -0.2) is 32.0 Å². The number of carbonyl (C=O) groups is 2. The van der Waals surface area contributed by atoms with Crippen molar-refractivity contribution in [2.75, 3.05) is 25.1 Å². The van der Waals surface area contributed by atoms with Crippen LogP contribution in [0.25, 0.3) is 0 Å². The lowest BCUT2D eigenvalue weighted by Gasteiger charge is -2.19. The van der Waals surface area contributed by atoms with Gasteiger partial charge in [0.05, 0.1) is 18.7 Å². The lowest BCUT2D eigenvalue weighted by Crippen LogP contribution is -2.33. The number of hydrogen-bond acceptors (Lipinski definition) is 3. The zero-order valence-electron chi connectivity index (χ0n) is 13.3. The Hall–Kier alpha value is -2.04. The highest BCUT2D eigenvalue weighted by Gasteiger charge is 2.35. The van der Waals surface area contributed by atoms with E-state index in [1.807, 2.05) is 24.3 Å². The second-order valence-corrected chi connectivity index (χ2v) is 5.58. The van der Waals surface area contributed by atoms with E-state index in [1.165, 1.54) is 0 Å². The van der Waals surface area contributed by atoms with Crippen molar-refractivity contribution in [1.82, 2.24) is 5.32 Å². The highest BCUT2D eigenvalue weighted by molar-refractivity contribution is 6.01. The fraction of sp³-hybridized carbons (Fsp3) is 0.529. The van der Waals surface area contributed by atoms with Gasteiger partial charge in [0.1, 0.15) is 5.75 Å². The van der Waals surface area contributed by atoms with Gasteiger partial charge < -0.3 is 15.0 Å². The minimum absolute atomic E-state index is 0.0261. The maximum Gasteiger partial charge on any atom is 0.227 e. The maximum atomic E-state index is 12.2. The SMILES string of the molecule is CCCCCNC(=O)C1CC(=O)N(c2ccccc2OC)C1. The smallest absolute Gasteiger partial charge is 0.227 e. The largest absolute Gasteiger partial charge is 0.495 e. The second-order valence-electron chi connectivity index (χ2n) is 5.58. The number of nitrogens with one attached hydrogen (secondary N) is 1. The molecule has 1 atom stereocenters. The molecule has 5 heteroatoms. The third-order valence-corrected chi connectivity index (χ3v) is 3.95. The number of methoxy groups -OCH3 is 1. The first-order valence-corrected chi connectivity index (χ1v) is 7.88. The molecule has 1 N–H and O–H groups in total. The van der Waals surface area contributed by atoms with Crippen molar-refractivity contribution in [2.24, 2.45) is 5.92 Å². The van der Waals surface area contributed by atoms with E-state index in [2.05, 4.69) is 12.2 Å². The molecule has 0 bridgehead atoms. The number of rotatable bonds is 7.